The fourth-order valence-electron chi connectivity index (χ4n) is 3.52. The maximum absolute atomic E-state index is 9.54. The first-order valence-electron chi connectivity index (χ1n) is 8.60. The third-order valence-electron chi connectivity index (χ3n) is 4.83. The highest BCUT2D eigenvalue weighted by molar-refractivity contribution is 5.94. The third kappa shape index (κ3) is 2.89. The summed E-state index contributed by atoms with van der Waals surface area (Å²) in [5.74, 6) is 0. The lowest BCUT2D eigenvalue weighted by Gasteiger charge is -2.14. The Bertz CT molecular complexity index is 930. The monoisotopic (exact) mass is 354 g/mol. The summed E-state index contributed by atoms with van der Waals surface area (Å²) >= 11 is 0. The molecule has 3 aliphatic carbocycles. The van der Waals surface area contributed by atoms with Crippen molar-refractivity contribution in [3.05, 3.63) is 125 Å². The van der Waals surface area contributed by atoms with Crippen LogP contribution >= 0.6 is 0 Å². The molecule has 1 aromatic rings. The van der Waals surface area contributed by atoms with Crippen molar-refractivity contribution in [2.24, 2.45) is 0 Å². The van der Waals surface area contributed by atoms with Crippen LogP contribution in [0.15, 0.2) is 108 Å². The molecule has 0 amide bonds. The summed E-state index contributed by atoms with van der Waals surface area (Å²) in [5, 5.41) is 28.6. The van der Waals surface area contributed by atoms with Gasteiger partial charge in [-0.1, -0.05) is 54.7 Å². The molecule has 0 heterocycles. The van der Waals surface area contributed by atoms with Gasteiger partial charge >= 0.3 is 0 Å². The fraction of sp³-hybridized carbons (Fsp3) is 0. The van der Waals surface area contributed by atoms with Gasteiger partial charge < -0.3 is 15.3 Å². The minimum Gasteiger partial charge on any atom is -0.515 e. The first kappa shape index (κ1) is 16.7. The summed E-state index contributed by atoms with van der Waals surface area (Å²) < 4.78 is 0. The van der Waals surface area contributed by atoms with Gasteiger partial charge in [0, 0.05) is 16.7 Å². The van der Waals surface area contributed by atoms with E-state index in [1.807, 2.05) is 72.9 Å². The van der Waals surface area contributed by atoms with Crippen molar-refractivity contribution in [2.45, 2.75) is 0 Å². The Labute approximate surface area is 157 Å². The zero-order valence-corrected chi connectivity index (χ0v) is 14.5. The standard InChI is InChI=1S/C24H18O3/c25-13-16-4-1-7-22(16)19-10-20(23-8-2-5-17(23)14-26)12-21(11-19)24-9-3-6-18(24)15-27/h1-15,25-27H/b16-13+,17-14+,18-15+. The number of aliphatic hydroxyl groups excluding tert-OH is 3. The summed E-state index contributed by atoms with van der Waals surface area (Å²) in [5.41, 5.74) is 7.82. The first-order valence-corrected chi connectivity index (χ1v) is 8.60. The van der Waals surface area contributed by atoms with Crippen LogP contribution in [-0.2, 0) is 0 Å². The SMILES string of the molecule is O/C=C1\C=CC=C1c1cc(C2=CC=C/C2=C\O)cc(C2=CC=C/C2=C\O)c1. The topological polar surface area (TPSA) is 60.7 Å². The highest BCUT2D eigenvalue weighted by Crippen LogP contribution is 2.38. The molecular weight excluding hydrogens is 336 g/mol. The van der Waals surface area contributed by atoms with E-state index in [1.54, 1.807) is 0 Å². The molecule has 3 N–H and O–H groups in total. The van der Waals surface area contributed by atoms with Crippen molar-refractivity contribution >= 4 is 16.7 Å². The van der Waals surface area contributed by atoms with E-state index < -0.39 is 0 Å². The van der Waals surface area contributed by atoms with E-state index in [0.717, 1.165) is 68.9 Å². The van der Waals surface area contributed by atoms with Crippen LogP contribution in [0.2, 0.25) is 0 Å². The molecule has 0 spiro atoms. The summed E-state index contributed by atoms with van der Waals surface area (Å²) in [6.07, 6.45) is 20.4. The van der Waals surface area contributed by atoms with E-state index in [1.165, 1.54) is 0 Å². The molecule has 0 aliphatic heterocycles. The van der Waals surface area contributed by atoms with E-state index >= 15 is 0 Å². The van der Waals surface area contributed by atoms with Crippen molar-refractivity contribution in [2.75, 3.05) is 0 Å². The Morgan fingerprint density at radius 3 is 1.04 bits per heavy atom. The molecule has 0 radical (unpaired) electrons. The van der Waals surface area contributed by atoms with Gasteiger partial charge in [0.25, 0.3) is 0 Å². The molecule has 4 rings (SSSR count). The molecule has 0 unspecified atom stereocenters. The molecule has 3 heteroatoms. The number of benzene rings is 1. The van der Waals surface area contributed by atoms with Gasteiger partial charge in [0.1, 0.15) is 0 Å². The highest BCUT2D eigenvalue weighted by Gasteiger charge is 2.18. The molecule has 0 saturated heterocycles. The maximum Gasteiger partial charge on any atom is 0.0870 e. The third-order valence-corrected chi connectivity index (χ3v) is 4.83. The molecule has 0 bridgehead atoms. The Morgan fingerprint density at radius 1 is 0.481 bits per heavy atom. The Balaban J connectivity index is 1.88. The fourth-order valence-corrected chi connectivity index (χ4v) is 3.52. The predicted molar refractivity (Wildman–Crippen MR) is 110 cm³/mol. The zero-order valence-electron chi connectivity index (χ0n) is 14.5. The smallest absolute Gasteiger partial charge is 0.0870 e. The molecule has 3 nitrogen and oxygen atoms in total. The lowest BCUT2D eigenvalue weighted by Crippen LogP contribution is -1.95. The molecule has 0 fully saturated rings. The van der Waals surface area contributed by atoms with E-state index in [2.05, 4.69) is 0 Å². The largest absolute Gasteiger partial charge is 0.515 e. The normalized spacial score (nSPS) is 22.2. The van der Waals surface area contributed by atoms with E-state index in [0.29, 0.717) is 0 Å². The molecular formula is C24H18O3. The lowest BCUT2D eigenvalue weighted by atomic mass is 9.89. The van der Waals surface area contributed by atoms with Crippen molar-refractivity contribution in [3.63, 3.8) is 0 Å². The lowest BCUT2D eigenvalue weighted by molar-refractivity contribution is 0.471. The van der Waals surface area contributed by atoms with Crippen molar-refractivity contribution in [1.29, 1.82) is 0 Å². The van der Waals surface area contributed by atoms with Gasteiger partial charge in [-0.05, 0) is 51.6 Å². The van der Waals surface area contributed by atoms with E-state index in [4.69, 9.17) is 0 Å². The number of aliphatic hydroxyl groups is 3. The molecule has 27 heavy (non-hydrogen) atoms. The van der Waals surface area contributed by atoms with Crippen LogP contribution in [0.1, 0.15) is 16.7 Å². The van der Waals surface area contributed by atoms with Gasteiger partial charge in [0.2, 0.25) is 0 Å². The van der Waals surface area contributed by atoms with Crippen LogP contribution in [-0.4, -0.2) is 15.3 Å². The Kier molecular flexibility index (Phi) is 4.27. The zero-order chi connectivity index (χ0) is 18.8. The van der Waals surface area contributed by atoms with Crippen molar-refractivity contribution < 1.29 is 15.3 Å². The minimum atomic E-state index is 0.742. The van der Waals surface area contributed by atoms with Gasteiger partial charge in [-0.25, -0.2) is 0 Å². The number of hydrogen-bond donors (Lipinski definition) is 3. The van der Waals surface area contributed by atoms with Crippen LogP contribution < -0.4 is 0 Å². The second-order valence-electron chi connectivity index (χ2n) is 6.37. The average molecular weight is 354 g/mol. The minimum absolute atomic E-state index is 0.742. The van der Waals surface area contributed by atoms with Crippen LogP contribution in [0.4, 0.5) is 0 Å². The summed E-state index contributed by atoms with van der Waals surface area (Å²) in [7, 11) is 0. The summed E-state index contributed by atoms with van der Waals surface area (Å²) in [6.45, 7) is 0. The number of hydrogen-bond acceptors (Lipinski definition) is 3. The first-order chi connectivity index (χ1) is 13.2. The molecule has 132 valence electrons. The second kappa shape index (κ2) is 6.89. The van der Waals surface area contributed by atoms with Crippen LogP contribution in [0.25, 0.3) is 16.7 Å². The highest BCUT2D eigenvalue weighted by atomic mass is 16.2. The van der Waals surface area contributed by atoms with E-state index in [9.17, 15) is 15.3 Å². The van der Waals surface area contributed by atoms with Crippen molar-refractivity contribution in [1.82, 2.24) is 0 Å². The Hall–Kier alpha value is -3.72. The van der Waals surface area contributed by atoms with Gasteiger partial charge in [-0.15, -0.1) is 0 Å². The molecule has 0 atom stereocenters. The maximum atomic E-state index is 9.54. The quantitative estimate of drug-likeness (QED) is 0.595. The van der Waals surface area contributed by atoms with Gasteiger partial charge in [-0.2, -0.15) is 0 Å². The van der Waals surface area contributed by atoms with Crippen molar-refractivity contribution in [3.8, 4) is 0 Å². The number of allylic oxidation sites excluding steroid dienone is 15. The van der Waals surface area contributed by atoms with Gasteiger partial charge in [-0.3, -0.25) is 0 Å². The molecule has 3 aliphatic rings. The molecule has 0 aromatic heterocycles. The average Bonchev–Trinajstić information content (AvgIpc) is 3.46. The summed E-state index contributed by atoms with van der Waals surface area (Å²) in [6, 6.07) is 6.12. The van der Waals surface area contributed by atoms with Gasteiger partial charge in [0.15, 0.2) is 0 Å². The predicted octanol–water partition coefficient (Wildman–Crippen LogP) is 5.87. The second-order valence-corrected chi connectivity index (χ2v) is 6.37. The molecule has 1 aromatic carbocycles. The summed E-state index contributed by atoms with van der Waals surface area (Å²) in [4.78, 5) is 0. The van der Waals surface area contributed by atoms with Gasteiger partial charge in [0.05, 0.1) is 18.8 Å². The van der Waals surface area contributed by atoms with Crippen LogP contribution in [0.3, 0.4) is 0 Å². The number of rotatable bonds is 3. The Morgan fingerprint density at radius 2 is 0.778 bits per heavy atom. The van der Waals surface area contributed by atoms with Crippen LogP contribution in [0.5, 0.6) is 0 Å². The van der Waals surface area contributed by atoms with Crippen LogP contribution in [0, 0.1) is 0 Å². The molecule has 0 saturated carbocycles. The van der Waals surface area contributed by atoms with E-state index in [-0.39, 0.29) is 0 Å².